The van der Waals surface area contributed by atoms with Crippen LogP contribution in [0.15, 0.2) is 48.8 Å². The van der Waals surface area contributed by atoms with Crippen molar-refractivity contribution in [1.82, 2.24) is 60.2 Å². The lowest BCUT2D eigenvalue weighted by atomic mass is 10.1. The summed E-state index contributed by atoms with van der Waals surface area (Å²) < 4.78 is 18.0. The first-order chi connectivity index (χ1) is 36.2. The highest BCUT2D eigenvalue weighted by molar-refractivity contribution is 6.07. The maximum Gasteiger partial charge on any atom is 0.317 e. The van der Waals surface area contributed by atoms with E-state index in [0.717, 1.165) is 84.1 Å². The second kappa shape index (κ2) is 36.4. The summed E-state index contributed by atoms with van der Waals surface area (Å²) in [4.78, 5) is 99.7. The first kappa shape index (κ1) is 62.7. The second-order valence-corrected chi connectivity index (χ2v) is 17.9. The van der Waals surface area contributed by atoms with E-state index in [1.807, 2.05) is 46.9 Å². The Labute approximate surface area is 438 Å². The van der Waals surface area contributed by atoms with Crippen LogP contribution in [0.3, 0.4) is 0 Å². The van der Waals surface area contributed by atoms with Gasteiger partial charge in [0, 0.05) is 128 Å². The maximum atomic E-state index is 12.9. The molecule has 0 spiro atoms. The first-order valence-electron chi connectivity index (χ1n) is 25.3. The molecule has 0 aliphatic carbocycles. The molecule has 1 unspecified atom stereocenters. The zero-order valence-corrected chi connectivity index (χ0v) is 43.6. The van der Waals surface area contributed by atoms with E-state index >= 15 is 0 Å². The number of halogens is 1. The number of pyridine rings is 2. The van der Waals surface area contributed by atoms with Crippen LogP contribution in [0, 0.1) is 17.3 Å². The van der Waals surface area contributed by atoms with Crippen LogP contribution in [0.1, 0.15) is 46.9 Å². The van der Waals surface area contributed by atoms with Crippen molar-refractivity contribution in [3.63, 3.8) is 0 Å². The normalized spacial score (nSPS) is 17.4. The second-order valence-electron chi connectivity index (χ2n) is 17.9. The predicted octanol–water partition coefficient (Wildman–Crippen LogP) is 0.0765. The molecule has 3 aliphatic rings. The number of carbonyl (C=O) groups is 7. The van der Waals surface area contributed by atoms with Crippen molar-refractivity contribution in [3.05, 3.63) is 65.9 Å². The summed E-state index contributed by atoms with van der Waals surface area (Å²) in [6.07, 6.45) is 7.33. The van der Waals surface area contributed by atoms with Gasteiger partial charge in [-0.25, -0.2) is 4.98 Å². The number of piperazine rings is 1. The number of aldehydes is 2. The molecule has 23 nitrogen and oxygen atoms in total. The standard InChI is InChI=1S/C25H32N6O3.C16H30N4O5.C6H4FNO.C4H10N2O/c1-29-11-13-30(14-12-29)9-3-15-34-20-5-6-23-22(16-20)21(7-8-27-23)25(33)28-18-24(32)31-10-2-4-19(31)17-26;1-2-17-3-7-19(13-15(22)23)9-5-18(11-12-21)6-10-20(8-4-17)14-16(24)25;7-6-2-1-5(4-9)3-8-6;1-5-2-3-6-4-7/h5-8,16,19H,2-4,9-15,18H2,1H3,(H,28,33);12H,2-11,13-14H2,1H3,(H,22,23)(H,24,25);1-4H;4-5H,2-3H2,1H3,(H,6,7). The molecule has 5 heterocycles. The highest BCUT2D eigenvalue weighted by Gasteiger charge is 2.29. The number of nitrogens with zero attached hydrogens (tertiary/aromatic N) is 10. The molecule has 24 heteroatoms. The molecular formula is C51H76FN13O10. The molecule has 3 aliphatic heterocycles. The summed E-state index contributed by atoms with van der Waals surface area (Å²) in [5, 5.41) is 36.1. The number of aliphatic carboxylic acids is 2. The maximum absolute atomic E-state index is 12.9. The molecule has 2 aromatic heterocycles. The van der Waals surface area contributed by atoms with Gasteiger partial charge in [-0.1, -0.05) is 6.92 Å². The summed E-state index contributed by atoms with van der Waals surface area (Å²) in [5.41, 5.74) is 1.52. The third-order valence-corrected chi connectivity index (χ3v) is 12.5. The lowest BCUT2D eigenvalue weighted by molar-refractivity contribution is -0.139. The fourth-order valence-electron chi connectivity index (χ4n) is 8.11. The molecule has 0 saturated carbocycles. The summed E-state index contributed by atoms with van der Waals surface area (Å²) in [5.74, 6) is -2.17. The van der Waals surface area contributed by atoms with Gasteiger partial charge >= 0.3 is 11.9 Å². The lowest BCUT2D eigenvalue weighted by Crippen LogP contribution is -2.47. The molecular weight excluding hydrogens is 974 g/mol. The number of ether oxygens (including phenoxy) is 1. The Morgan fingerprint density at radius 3 is 2.03 bits per heavy atom. The van der Waals surface area contributed by atoms with Gasteiger partial charge in [0.25, 0.3) is 5.91 Å². The van der Waals surface area contributed by atoms with Gasteiger partial charge in [-0.05, 0) is 76.3 Å². The van der Waals surface area contributed by atoms with Crippen LogP contribution in [-0.2, 0) is 24.0 Å². The van der Waals surface area contributed by atoms with E-state index in [2.05, 4.69) is 53.7 Å². The van der Waals surface area contributed by atoms with E-state index in [4.69, 9.17) is 14.9 Å². The van der Waals surface area contributed by atoms with Crippen molar-refractivity contribution < 1.29 is 52.9 Å². The molecule has 3 amide bonds. The minimum atomic E-state index is -0.857. The molecule has 1 atom stereocenters. The average Bonchev–Trinajstić information content (AvgIpc) is 3.90. The van der Waals surface area contributed by atoms with Crippen molar-refractivity contribution in [1.29, 1.82) is 5.26 Å². The van der Waals surface area contributed by atoms with Crippen LogP contribution < -0.4 is 20.7 Å². The monoisotopic (exact) mass is 1050 g/mol. The van der Waals surface area contributed by atoms with Crippen LogP contribution in [0.5, 0.6) is 5.75 Å². The zero-order valence-electron chi connectivity index (χ0n) is 43.6. The third-order valence-electron chi connectivity index (χ3n) is 12.5. The molecule has 3 aromatic rings. The van der Waals surface area contributed by atoms with Crippen molar-refractivity contribution in [3.8, 4) is 11.8 Å². The van der Waals surface area contributed by atoms with Gasteiger partial charge in [0.2, 0.25) is 18.3 Å². The fraction of sp³-hybridized carbons (Fsp3) is 0.569. The smallest absolute Gasteiger partial charge is 0.317 e. The Morgan fingerprint density at radius 1 is 0.827 bits per heavy atom. The van der Waals surface area contributed by atoms with Crippen LogP contribution in [0.2, 0.25) is 0 Å². The highest BCUT2D eigenvalue weighted by Crippen LogP contribution is 2.23. The topological polar surface area (TPSA) is 278 Å². The number of carbonyl (C=O) groups excluding carboxylic acids is 5. The van der Waals surface area contributed by atoms with E-state index in [-0.39, 0.29) is 38.0 Å². The van der Waals surface area contributed by atoms with Crippen molar-refractivity contribution in [2.75, 3.05) is 158 Å². The summed E-state index contributed by atoms with van der Waals surface area (Å²) >= 11 is 0. The number of benzene rings is 1. The molecule has 75 heavy (non-hydrogen) atoms. The average molecular weight is 1050 g/mol. The van der Waals surface area contributed by atoms with E-state index < -0.39 is 23.9 Å². The number of rotatable bonds is 20. The number of amides is 3. The molecule has 5 N–H and O–H groups in total. The number of aromatic nitrogens is 2. The summed E-state index contributed by atoms with van der Waals surface area (Å²) in [6.45, 7) is 16.1. The van der Waals surface area contributed by atoms with Gasteiger partial charge in [-0.2, -0.15) is 9.65 Å². The van der Waals surface area contributed by atoms with Crippen molar-refractivity contribution in [2.24, 2.45) is 0 Å². The number of hydrogen-bond donors (Lipinski definition) is 5. The zero-order chi connectivity index (χ0) is 54.8. The number of hydrogen-bond acceptors (Lipinski definition) is 18. The molecule has 3 fully saturated rings. The highest BCUT2D eigenvalue weighted by atomic mass is 19.1. The van der Waals surface area contributed by atoms with Crippen molar-refractivity contribution in [2.45, 2.75) is 32.2 Å². The minimum Gasteiger partial charge on any atom is -0.494 e. The third kappa shape index (κ3) is 25.0. The largest absolute Gasteiger partial charge is 0.494 e. The van der Waals surface area contributed by atoms with Gasteiger partial charge in [-0.3, -0.25) is 48.5 Å². The van der Waals surface area contributed by atoms with Crippen LogP contribution in [0.25, 0.3) is 10.9 Å². The SMILES string of the molecule is CCN1CCN(CC(=O)O)CCN(CC=O)CCN(CC(=O)O)CC1.CN1CCN(CCCOc2ccc3nccc(C(=O)NCC(=O)N4CCCC4C#N)c3c2)CC1.CNCCNC=O.O=Cc1ccc(F)nc1. The van der Waals surface area contributed by atoms with Gasteiger partial charge in [-0.15, -0.1) is 0 Å². The van der Waals surface area contributed by atoms with Crippen molar-refractivity contribution >= 4 is 53.6 Å². The van der Waals surface area contributed by atoms with Gasteiger partial charge in [0.1, 0.15) is 18.1 Å². The number of likely N-dealkylation sites (N-methyl/N-ethyl adjacent to an activating group) is 3. The van der Waals surface area contributed by atoms with E-state index in [9.17, 15) is 43.2 Å². The quantitative estimate of drug-likeness (QED) is 0.0569. The molecule has 0 radical (unpaired) electrons. The Bertz CT molecular complexity index is 2220. The van der Waals surface area contributed by atoms with Gasteiger partial charge in [0.15, 0.2) is 6.29 Å². The number of likely N-dealkylation sites (tertiary alicyclic amines) is 1. The summed E-state index contributed by atoms with van der Waals surface area (Å²) in [7, 11) is 3.99. The molecule has 6 rings (SSSR count). The number of fused-ring (bicyclic) bond motifs is 1. The minimum absolute atomic E-state index is 0.0162. The lowest BCUT2D eigenvalue weighted by Gasteiger charge is -2.32. The first-order valence-corrected chi connectivity index (χ1v) is 25.3. The predicted molar refractivity (Wildman–Crippen MR) is 279 cm³/mol. The Morgan fingerprint density at radius 2 is 1.47 bits per heavy atom. The van der Waals surface area contributed by atoms with Gasteiger partial charge < -0.3 is 55.3 Å². The molecule has 3 saturated heterocycles. The Balaban J connectivity index is 0.000000313. The van der Waals surface area contributed by atoms with Crippen LogP contribution in [0.4, 0.5) is 4.39 Å². The Kier molecular flexibility index (Phi) is 30.4. The van der Waals surface area contributed by atoms with Crippen LogP contribution >= 0.6 is 0 Å². The Hall–Kier alpha value is -6.59. The molecule has 1 aromatic carbocycles. The number of nitrogens with one attached hydrogen (secondary N) is 3. The van der Waals surface area contributed by atoms with E-state index in [0.29, 0.717) is 106 Å². The molecule has 412 valence electrons. The number of carboxylic acid groups (broad SMARTS) is 2. The van der Waals surface area contributed by atoms with E-state index in [1.165, 1.54) is 12.3 Å². The van der Waals surface area contributed by atoms with E-state index in [1.54, 1.807) is 17.2 Å². The summed E-state index contributed by atoms with van der Waals surface area (Å²) in [6, 6.07) is 11.5. The van der Waals surface area contributed by atoms with Gasteiger partial charge in [0.05, 0.1) is 49.9 Å². The van der Waals surface area contributed by atoms with Crippen LogP contribution in [-0.4, -0.2) is 261 Å². The number of carboxylic acids is 2. The number of nitriles is 1. The fourth-order valence-corrected chi connectivity index (χ4v) is 8.11. The molecule has 0 bridgehead atoms.